The molecular formula is C23H27N3O3. The number of aryl methyl sites for hydroxylation is 1. The monoisotopic (exact) mass is 393 g/mol. The maximum atomic E-state index is 12.6. The van der Waals surface area contributed by atoms with Crippen molar-refractivity contribution in [1.82, 2.24) is 14.8 Å². The number of nitrogens with zero attached hydrogens (tertiary/aromatic N) is 2. The van der Waals surface area contributed by atoms with Crippen molar-refractivity contribution in [3.8, 4) is 11.5 Å². The molecule has 3 aromatic rings. The largest absolute Gasteiger partial charge is 0.493 e. The van der Waals surface area contributed by atoms with E-state index in [1.807, 2.05) is 29.2 Å². The number of para-hydroxylation sites is 3. The number of fused-ring (bicyclic) bond motifs is 1. The van der Waals surface area contributed by atoms with Gasteiger partial charge in [-0.3, -0.25) is 9.69 Å². The minimum absolute atomic E-state index is 0.0128. The zero-order valence-electron chi connectivity index (χ0n) is 17.0. The van der Waals surface area contributed by atoms with Crippen LogP contribution >= 0.6 is 0 Å². The second-order valence-corrected chi connectivity index (χ2v) is 7.37. The fourth-order valence-corrected chi connectivity index (χ4v) is 3.89. The summed E-state index contributed by atoms with van der Waals surface area (Å²) in [5.74, 6) is 1.25. The van der Waals surface area contributed by atoms with Crippen LogP contribution in [0.25, 0.3) is 10.9 Å². The molecule has 6 heteroatoms. The van der Waals surface area contributed by atoms with Crippen LogP contribution in [0.2, 0.25) is 0 Å². The van der Waals surface area contributed by atoms with Gasteiger partial charge in [-0.15, -0.1) is 0 Å². The van der Waals surface area contributed by atoms with Crippen molar-refractivity contribution < 1.29 is 14.3 Å². The normalized spacial score (nSPS) is 14.9. The first-order valence-electron chi connectivity index (χ1n) is 9.98. The van der Waals surface area contributed by atoms with Crippen LogP contribution in [-0.4, -0.2) is 60.6 Å². The zero-order valence-corrected chi connectivity index (χ0v) is 17.0. The Kier molecular flexibility index (Phi) is 5.71. The molecule has 0 radical (unpaired) electrons. The van der Waals surface area contributed by atoms with Crippen molar-refractivity contribution in [2.24, 2.45) is 0 Å². The van der Waals surface area contributed by atoms with Gasteiger partial charge in [0.25, 0.3) is 5.91 Å². The number of hydrogen-bond acceptors (Lipinski definition) is 4. The van der Waals surface area contributed by atoms with Gasteiger partial charge in [0.05, 0.1) is 7.11 Å². The molecule has 0 unspecified atom stereocenters. The zero-order chi connectivity index (χ0) is 20.2. The summed E-state index contributed by atoms with van der Waals surface area (Å²) in [6.45, 7) is 6.21. The Hall–Kier alpha value is -2.99. The van der Waals surface area contributed by atoms with Crippen molar-refractivity contribution in [1.29, 1.82) is 0 Å². The molecule has 0 spiro atoms. The lowest BCUT2D eigenvalue weighted by Crippen LogP contribution is -2.49. The van der Waals surface area contributed by atoms with Gasteiger partial charge in [0.2, 0.25) is 0 Å². The van der Waals surface area contributed by atoms with E-state index in [2.05, 4.69) is 41.1 Å². The summed E-state index contributed by atoms with van der Waals surface area (Å²) in [6, 6.07) is 15.8. The molecule has 1 amide bonds. The van der Waals surface area contributed by atoms with Crippen molar-refractivity contribution in [3.63, 3.8) is 0 Å². The fourth-order valence-electron chi connectivity index (χ4n) is 3.89. The van der Waals surface area contributed by atoms with Crippen LogP contribution in [0.15, 0.2) is 48.5 Å². The van der Waals surface area contributed by atoms with E-state index >= 15 is 0 Å². The summed E-state index contributed by atoms with van der Waals surface area (Å²) in [6.07, 6.45) is 0. The highest BCUT2D eigenvalue weighted by molar-refractivity contribution is 5.84. The summed E-state index contributed by atoms with van der Waals surface area (Å²) in [5, 5.41) is 1.29. The molecule has 2 aromatic carbocycles. The topological polar surface area (TPSA) is 57.8 Å². The third kappa shape index (κ3) is 4.22. The van der Waals surface area contributed by atoms with Crippen molar-refractivity contribution in [2.45, 2.75) is 13.5 Å². The number of aromatic nitrogens is 1. The number of H-pyrrole nitrogens is 1. The number of hydrogen-bond donors (Lipinski definition) is 1. The molecule has 29 heavy (non-hydrogen) atoms. The lowest BCUT2D eigenvalue weighted by atomic mass is 10.1. The maximum Gasteiger partial charge on any atom is 0.260 e. The van der Waals surface area contributed by atoms with E-state index in [0.717, 1.165) is 32.7 Å². The summed E-state index contributed by atoms with van der Waals surface area (Å²) in [7, 11) is 1.60. The Morgan fingerprint density at radius 2 is 1.69 bits per heavy atom. The minimum Gasteiger partial charge on any atom is -0.493 e. The number of piperazine rings is 1. The van der Waals surface area contributed by atoms with Crippen LogP contribution in [0, 0.1) is 6.92 Å². The van der Waals surface area contributed by atoms with Gasteiger partial charge in [0, 0.05) is 49.3 Å². The molecule has 6 nitrogen and oxygen atoms in total. The van der Waals surface area contributed by atoms with Gasteiger partial charge in [0.1, 0.15) is 0 Å². The van der Waals surface area contributed by atoms with Gasteiger partial charge >= 0.3 is 0 Å². The molecule has 0 aliphatic carbocycles. The second-order valence-electron chi connectivity index (χ2n) is 7.37. The van der Waals surface area contributed by atoms with E-state index in [4.69, 9.17) is 9.47 Å². The summed E-state index contributed by atoms with van der Waals surface area (Å²) in [4.78, 5) is 20.3. The van der Waals surface area contributed by atoms with E-state index in [0.29, 0.717) is 11.5 Å². The van der Waals surface area contributed by atoms with E-state index in [9.17, 15) is 4.79 Å². The molecule has 1 aliphatic heterocycles. The molecule has 2 heterocycles. The van der Waals surface area contributed by atoms with E-state index in [1.165, 1.54) is 22.2 Å². The molecule has 1 aromatic heterocycles. The van der Waals surface area contributed by atoms with Gasteiger partial charge in [-0.2, -0.15) is 0 Å². The number of methoxy groups -OCH3 is 1. The summed E-state index contributed by atoms with van der Waals surface area (Å²) in [5.41, 5.74) is 3.75. The molecule has 1 saturated heterocycles. The van der Waals surface area contributed by atoms with Crippen molar-refractivity contribution >= 4 is 16.8 Å². The first-order chi connectivity index (χ1) is 14.2. The molecule has 152 valence electrons. The van der Waals surface area contributed by atoms with Gasteiger partial charge in [-0.05, 0) is 30.7 Å². The fraction of sp³-hybridized carbons (Fsp3) is 0.348. The minimum atomic E-state index is 0.0128. The third-order valence-corrected chi connectivity index (χ3v) is 5.55. The van der Waals surface area contributed by atoms with Crippen LogP contribution in [-0.2, 0) is 11.3 Å². The van der Waals surface area contributed by atoms with E-state index < -0.39 is 0 Å². The average molecular weight is 393 g/mol. The predicted octanol–water partition coefficient (Wildman–Crippen LogP) is 3.21. The number of carbonyl (C=O) groups excluding carboxylic acids is 1. The number of benzene rings is 2. The number of amides is 1. The number of rotatable bonds is 6. The molecule has 0 atom stereocenters. The molecule has 0 saturated carbocycles. The maximum absolute atomic E-state index is 12.6. The van der Waals surface area contributed by atoms with Gasteiger partial charge in [-0.1, -0.05) is 30.3 Å². The molecular weight excluding hydrogens is 366 g/mol. The van der Waals surface area contributed by atoms with Crippen LogP contribution in [0.1, 0.15) is 11.3 Å². The molecule has 0 bridgehead atoms. The number of aromatic amines is 1. The molecule has 4 rings (SSSR count). The molecule has 1 fully saturated rings. The summed E-state index contributed by atoms with van der Waals surface area (Å²) >= 11 is 0. The average Bonchev–Trinajstić information content (AvgIpc) is 3.08. The number of ether oxygens (including phenoxy) is 2. The highest BCUT2D eigenvalue weighted by Gasteiger charge is 2.23. The molecule has 1 aliphatic rings. The van der Waals surface area contributed by atoms with Crippen LogP contribution < -0.4 is 9.47 Å². The van der Waals surface area contributed by atoms with Crippen LogP contribution in [0.5, 0.6) is 11.5 Å². The van der Waals surface area contributed by atoms with Gasteiger partial charge in [-0.25, -0.2) is 0 Å². The summed E-state index contributed by atoms with van der Waals surface area (Å²) < 4.78 is 11.0. The van der Waals surface area contributed by atoms with E-state index in [-0.39, 0.29) is 12.5 Å². The lowest BCUT2D eigenvalue weighted by molar-refractivity contribution is -0.135. The second kappa shape index (κ2) is 8.57. The standard InChI is InChI=1S/C23H27N3O3/c1-17-19(18-7-3-4-8-20(18)24-17)15-25-11-13-26(14-12-25)23(27)16-29-22-10-6-5-9-21(22)28-2/h3-10,24H,11-16H2,1-2H3. The Labute approximate surface area is 171 Å². The van der Waals surface area contributed by atoms with E-state index in [1.54, 1.807) is 7.11 Å². The highest BCUT2D eigenvalue weighted by atomic mass is 16.5. The first kappa shape index (κ1) is 19.3. The third-order valence-electron chi connectivity index (χ3n) is 5.55. The Bertz CT molecular complexity index is 990. The first-order valence-corrected chi connectivity index (χ1v) is 9.98. The number of nitrogens with one attached hydrogen (secondary N) is 1. The van der Waals surface area contributed by atoms with Crippen molar-refractivity contribution in [2.75, 3.05) is 39.9 Å². The Balaban J connectivity index is 1.31. The van der Waals surface area contributed by atoms with Crippen LogP contribution in [0.4, 0.5) is 0 Å². The SMILES string of the molecule is COc1ccccc1OCC(=O)N1CCN(Cc2c(C)[nH]c3ccccc23)CC1. The quantitative estimate of drug-likeness (QED) is 0.699. The van der Waals surface area contributed by atoms with Gasteiger partial charge < -0.3 is 19.4 Å². The van der Waals surface area contributed by atoms with Gasteiger partial charge in [0.15, 0.2) is 18.1 Å². The van der Waals surface area contributed by atoms with Crippen molar-refractivity contribution in [3.05, 3.63) is 59.8 Å². The van der Waals surface area contributed by atoms with Crippen LogP contribution in [0.3, 0.4) is 0 Å². The highest BCUT2D eigenvalue weighted by Crippen LogP contribution is 2.26. The Morgan fingerprint density at radius 3 is 2.45 bits per heavy atom. The Morgan fingerprint density at radius 1 is 1.00 bits per heavy atom. The lowest BCUT2D eigenvalue weighted by Gasteiger charge is -2.34. The predicted molar refractivity (Wildman–Crippen MR) is 113 cm³/mol. The molecule has 1 N–H and O–H groups in total. The number of carbonyl (C=O) groups is 1. The smallest absolute Gasteiger partial charge is 0.260 e.